The summed E-state index contributed by atoms with van der Waals surface area (Å²) in [6.07, 6.45) is 10.8. The van der Waals surface area contributed by atoms with Crippen molar-refractivity contribution in [2.75, 3.05) is 22.2 Å². The standard InChI is InChI=1S/C49H53Cl4N7O10S2/c1-4-5-6-7-8-9-10-11-12-13-17-44(69-34-20-22-42(61)30(2)24-34)48(62)54-32-18-21-37(51)40(27-32)55-47-45(49(63)60(58-47)46-38(52)25-31(50)26-39(46)53)57-56-33-19-23-43(68-3)41(28-33)59-71(64)70-35-15-14-16-36(29-35)72(65,66)67/h14-16,18-29,44-45,59,61H,4-13,17H2,1-3H3,(H,54,62)(H,55,58)(H,65,66,67). The monoisotopic (exact) mass is 1100 g/mol. The van der Waals surface area contributed by atoms with Crippen molar-refractivity contribution in [1.29, 1.82) is 0 Å². The van der Waals surface area contributed by atoms with Gasteiger partial charge in [0.05, 0.1) is 44.1 Å². The van der Waals surface area contributed by atoms with E-state index in [1.165, 1.54) is 106 Å². The number of amidine groups is 1. The molecule has 0 aliphatic carbocycles. The summed E-state index contributed by atoms with van der Waals surface area (Å²) in [5.41, 5.74) is 4.24. The van der Waals surface area contributed by atoms with E-state index in [1.54, 1.807) is 25.1 Å². The molecule has 5 aromatic carbocycles. The smallest absolute Gasteiger partial charge is 0.316 e. The van der Waals surface area contributed by atoms with Gasteiger partial charge in [0.1, 0.15) is 28.7 Å². The van der Waals surface area contributed by atoms with Crippen LogP contribution in [0.5, 0.6) is 23.0 Å². The molecule has 0 aromatic heterocycles. The molecule has 1 aliphatic rings. The van der Waals surface area contributed by atoms with Gasteiger partial charge in [-0.1, -0.05) is 117 Å². The number of amides is 2. The van der Waals surface area contributed by atoms with Crippen molar-refractivity contribution < 1.29 is 45.5 Å². The number of benzene rings is 5. The number of azo groups is 1. The molecule has 0 bridgehead atoms. The molecule has 1 heterocycles. The summed E-state index contributed by atoms with van der Waals surface area (Å²) in [4.78, 5) is 32.5. The Hall–Kier alpha value is -5.67. The minimum atomic E-state index is -4.56. The first-order valence-corrected chi connectivity index (χ1v) is 26.9. The van der Waals surface area contributed by atoms with Crippen LogP contribution in [0.1, 0.15) is 83.1 Å². The van der Waals surface area contributed by atoms with Crippen molar-refractivity contribution in [3.05, 3.63) is 117 Å². The Morgan fingerprint density at radius 2 is 1.56 bits per heavy atom. The zero-order valence-electron chi connectivity index (χ0n) is 39.4. The van der Waals surface area contributed by atoms with Crippen LogP contribution in [0.4, 0.5) is 28.4 Å². The third-order valence-electron chi connectivity index (χ3n) is 11.1. The predicted octanol–water partition coefficient (Wildman–Crippen LogP) is 13.1. The lowest BCUT2D eigenvalue weighted by Crippen LogP contribution is -2.36. The highest BCUT2D eigenvalue weighted by Crippen LogP contribution is 2.39. The van der Waals surface area contributed by atoms with Gasteiger partial charge in [-0.3, -0.25) is 24.3 Å². The van der Waals surface area contributed by atoms with Gasteiger partial charge in [-0.15, -0.1) is 0 Å². The van der Waals surface area contributed by atoms with Gasteiger partial charge in [0.2, 0.25) is 6.04 Å². The third-order valence-corrected chi connectivity index (χ3v) is 13.8. The lowest BCUT2D eigenvalue weighted by Gasteiger charge is -2.20. The largest absolute Gasteiger partial charge is 0.508 e. The number of anilines is 3. The molecule has 1 aliphatic heterocycles. The molecule has 3 atom stereocenters. The first-order valence-electron chi connectivity index (χ1n) is 22.9. The number of unbranched alkanes of at least 4 members (excludes halogenated alkanes) is 9. The number of phenolic OH excluding ortho intramolecular Hbond substituents is 1. The summed E-state index contributed by atoms with van der Waals surface area (Å²) in [6.45, 7) is 3.95. The molecule has 5 N–H and O–H groups in total. The van der Waals surface area contributed by atoms with Crippen LogP contribution in [0.3, 0.4) is 0 Å². The number of ether oxygens (including phenoxy) is 2. The van der Waals surface area contributed by atoms with E-state index in [0.717, 1.165) is 42.8 Å². The van der Waals surface area contributed by atoms with Gasteiger partial charge in [0.15, 0.2) is 11.9 Å². The lowest BCUT2D eigenvalue weighted by atomic mass is 10.0. The van der Waals surface area contributed by atoms with Gasteiger partial charge < -0.3 is 24.1 Å². The number of carbonyl (C=O) groups excluding carboxylic acids is 2. The Morgan fingerprint density at radius 1 is 0.861 bits per heavy atom. The topological polar surface area (TPSA) is 230 Å². The van der Waals surface area contributed by atoms with Crippen LogP contribution >= 0.6 is 46.4 Å². The zero-order chi connectivity index (χ0) is 52.0. The number of rotatable bonds is 25. The maximum absolute atomic E-state index is 14.3. The number of hydrazine groups is 1. The van der Waals surface area contributed by atoms with E-state index >= 15 is 0 Å². The van der Waals surface area contributed by atoms with E-state index in [0.29, 0.717) is 23.4 Å². The Bertz CT molecular complexity index is 2930. The number of halogens is 4. The number of hydrogen-bond acceptors (Lipinski definition) is 12. The fourth-order valence-electron chi connectivity index (χ4n) is 7.38. The molecule has 0 radical (unpaired) electrons. The Morgan fingerprint density at radius 3 is 2.22 bits per heavy atom. The lowest BCUT2D eigenvalue weighted by molar-refractivity contribution is -0.123. The zero-order valence-corrected chi connectivity index (χ0v) is 44.0. The number of aliphatic imine (C=N–C) groups is 1. The molecule has 0 spiro atoms. The summed E-state index contributed by atoms with van der Waals surface area (Å²) in [6, 6.07) is 19.9. The molecule has 0 saturated carbocycles. The van der Waals surface area contributed by atoms with Crippen molar-refractivity contribution in [3.8, 4) is 23.0 Å². The Kier molecular flexibility index (Phi) is 20.3. The highest BCUT2D eigenvalue weighted by atomic mass is 35.5. The number of methoxy groups -OCH3 is 1. The summed E-state index contributed by atoms with van der Waals surface area (Å²) in [5.74, 6) is -0.617. The molecule has 5 aromatic rings. The Balaban J connectivity index is 1.24. The first kappa shape index (κ1) is 55.6. The SMILES string of the molecule is CCCCCCCCCCCCC(Oc1ccc(O)c(C)c1)C(=O)Nc1ccc(Cl)c(N=C2NN(c3c(Cl)cc(Cl)cc3Cl)C(=O)C2N=Nc2ccc(OC)c(NS(=O)Oc3cccc(S(=O)(=O)O)c3)c2)c1. The van der Waals surface area contributed by atoms with Crippen LogP contribution in [0.25, 0.3) is 0 Å². The minimum Gasteiger partial charge on any atom is -0.508 e. The maximum Gasteiger partial charge on any atom is 0.316 e. The maximum atomic E-state index is 14.3. The highest BCUT2D eigenvalue weighted by Gasteiger charge is 2.41. The fraction of sp³-hybridized carbons (Fsp3) is 0.327. The fourth-order valence-corrected chi connectivity index (χ4v) is 9.70. The second kappa shape index (κ2) is 26.3. The summed E-state index contributed by atoms with van der Waals surface area (Å²) < 4.78 is 65.3. The van der Waals surface area contributed by atoms with Crippen LogP contribution in [0.2, 0.25) is 20.1 Å². The molecular formula is C49H53Cl4N7O10S2. The van der Waals surface area contributed by atoms with Crippen molar-refractivity contribution in [2.24, 2.45) is 15.2 Å². The molecule has 384 valence electrons. The van der Waals surface area contributed by atoms with E-state index in [2.05, 4.69) is 32.6 Å². The molecule has 23 heteroatoms. The molecule has 17 nitrogen and oxygen atoms in total. The summed E-state index contributed by atoms with van der Waals surface area (Å²) in [7, 11) is -3.20. The van der Waals surface area contributed by atoms with Crippen LogP contribution in [0, 0.1) is 6.92 Å². The normalized spacial score (nSPS) is 15.1. The quantitative estimate of drug-likeness (QED) is 0.0210. The number of aryl methyl sites for hydroxylation is 1. The number of nitrogens with zero attached hydrogens (tertiary/aromatic N) is 4. The number of hydrogen-bond donors (Lipinski definition) is 5. The molecular weight excluding hydrogens is 1050 g/mol. The van der Waals surface area contributed by atoms with Crippen molar-refractivity contribution in [1.82, 2.24) is 5.43 Å². The van der Waals surface area contributed by atoms with Crippen molar-refractivity contribution in [3.63, 3.8) is 0 Å². The predicted molar refractivity (Wildman–Crippen MR) is 283 cm³/mol. The average molecular weight is 1110 g/mol. The van der Waals surface area contributed by atoms with Crippen LogP contribution in [-0.4, -0.2) is 59.2 Å². The minimum absolute atomic E-state index is 0.0240. The second-order valence-corrected chi connectivity index (χ2v) is 20.5. The van der Waals surface area contributed by atoms with E-state index in [1.807, 2.05) is 0 Å². The first-order chi connectivity index (χ1) is 34.4. The van der Waals surface area contributed by atoms with Gasteiger partial charge in [0, 0.05) is 16.8 Å². The number of aromatic hydroxyl groups is 1. The van der Waals surface area contributed by atoms with Crippen LogP contribution in [0.15, 0.2) is 111 Å². The van der Waals surface area contributed by atoms with Gasteiger partial charge in [-0.25, -0.2) is 10.0 Å². The molecule has 3 unspecified atom stereocenters. The van der Waals surface area contributed by atoms with Gasteiger partial charge in [-0.05, 0) is 104 Å². The number of phenols is 1. The summed E-state index contributed by atoms with van der Waals surface area (Å²) >= 11 is 23.7. The number of carbonyl (C=O) groups is 2. The number of nitrogens with one attached hydrogen (secondary N) is 3. The van der Waals surface area contributed by atoms with E-state index in [9.17, 15) is 31.9 Å². The highest BCUT2D eigenvalue weighted by molar-refractivity contribution is 7.85. The van der Waals surface area contributed by atoms with Crippen molar-refractivity contribution >= 4 is 114 Å². The van der Waals surface area contributed by atoms with E-state index in [4.69, 9.17) is 65.1 Å². The van der Waals surface area contributed by atoms with Crippen molar-refractivity contribution in [2.45, 2.75) is 102 Å². The van der Waals surface area contributed by atoms with Gasteiger partial charge in [-0.2, -0.15) is 22.9 Å². The molecule has 1 saturated heterocycles. The van der Waals surface area contributed by atoms with Gasteiger partial charge in [0.25, 0.3) is 21.9 Å². The molecule has 2 amide bonds. The van der Waals surface area contributed by atoms with Crippen LogP contribution in [-0.2, 0) is 31.0 Å². The van der Waals surface area contributed by atoms with Crippen LogP contribution < -0.4 is 34.1 Å². The van der Waals surface area contributed by atoms with Gasteiger partial charge >= 0.3 is 11.3 Å². The third kappa shape index (κ3) is 15.7. The van der Waals surface area contributed by atoms with E-state index < -0.39 is 50.2 Å². The molecule has 6 rings (SSSR count). The second-order valence-electron chi connectivity index (χ2n) is 16.6. The Labute approximate surface area is 440 Å². The van der Waals surface area contributed by atoms with E-state index in [-0.39, 0.29) is 65.9 Å². The molecule has 72 heavy (non-hydrogen) atoms. The average Bonchev–Trinajstić information content (AvgIpc) is 3.62. The molecule has 1 fully saturated rings. The summed E-state index contributed by atoms with van der Waals surface area (Å²) in [5, 5.41) is 23.2.